The van der Waals surface area contributed by atoms with Crippen molar-refractivity contribution < 1.29 is 8.78 Å². The van der Waals surface area contributed by atoms with Crippen LogP contribution in [0.2, 0.25) is 0 Å². The van der Waals surface area contributed by atoms with Gasteiger partial charge in [0.15, 0.2) is 0 Å². The van der Waals surface area contributed by atoms with Crippen LogP contribution in [0.25, 0.3) is 0 Å². The fourth-order valence-corrected chi connectivity index (χ4v) is 1.19. The highest BCUT2D eigenvalue weighted by Crippen LogP contribution is 2.29. The van der Waals surface area contributed by atoms with Crippen molar-refractivity contribution >= 4 is 5.82 Å². The van der Waals surface area contributed by atoms with E-state index >= 15 is 0 Å². The normalized spacial score (nSPS) is 19.7. The molecule has 1 saturated heterocycles. The van der Waals surface area contributed by atoms with Crippen LogP contribution in [-0.4, -0.2) is 29.2 Å². The Labute approximate surface area is 72.2 Å². The average molecular weight is 187 g/mol. The van der Waals surface area contributed by atoms with Gasteiger partial charge in [-0.15, -0.1) is 0 Å². The van der Waals surface area contributed by atoms with Crippen molar-refractivity contribution in [3.8, 4) is 0 Å². The number of alkyl halides is 2. The van der Waals surface area contributed by atoms with Crippen molar-refractivity contribution in [2.75, 3.05) is 18.0 Å². The predicted octanol–water partition coefficient (Wildman–Crippen LogP) is 0.225. The number of nitrogens with zero attached hydrogens (tertiary/aromatic N) is 2. The Bertz CT molecular complexity index is 348. The second-order valence-electron chi connectivity index (χ2n) is 2.99. The highest BCUT2D eigenvalue weighted by molar-refractivity contribution is 5.41. The molecule has 0 bridgehead atoms. The van der Waals surface area contributed by atoms with Crippen molar-refractivity contribution in [1.82, 2.24) is 10.2 Å². The third-order valence-corrected chi connectivity index (χ3v) is 1.83. The van der Waals surface area contributed by atoms with E-state index in [1.807, 2.05) is 0 Å². The van der Waals surface area contributed by atoms with Crippen LogP contribution in [0.3, 0.4) is 0 Å². The van der Waals surface area contributed by atoms with Gasteiger partial charge in [-0.1, -0.05) is 0 Å². The first-order valence-corrected chi connectivity index (χ1v) is 3.75. The van der Waals surface area contributed by atoms with Gasteiger partial charge >= 0.3 is 0 Å². The van der Waals surface area contributed by atoms with E-state index in [1.165, 1.54) is 17.0 Å². The Kier molecular flexibility index (Phi) is 1.58. The van der Waals surface area contributed by atoms with E-state index in [1.54, 1.807) is 0 Å². The standard InChI is InChI=1S/C7H7F2N3O/c8-7(9)3-12(4-7)5-1-2-6(13)11-10-5/h1-2H,3-4H2,(H,11,13). The molecule has 70 valence electrons. The number of hydrogen-bond donors (Lipinski definition) is 1. The summed E-state index contributed by atoms with van der Waals surface area (Å²) in [5.41, 5.74) is -0.337. The van der Waals surface area contributed by atoms with Crippen molar-refractivity contribution in [3.63, 3.8) is 0 Å². The topological polar surface area (TPSA) is 49.0 Å². The minimum absolute atomic E-state index is 0.327. The van der Waals surface area contributed by atoms with Crippen LogP contribution in [0.15, 0.2) is 16.9 Å². The number of anilines is 1. The number of aromatic nitrogens is 2. The molecule has 4 nitrogen and oxygen atoms in total. The van der Waals surface area contributed by atoms with Crippen LogP contribution in [0.5, 0.6) is 0 Å². The maximum Gasteiger partial charge on any atom is 0.282 e. The lowest BCUT2D eigenvalue weighted by Gasteiger charge is -2.39. The third kappa shape index (κ3) is 1.51. The van der Waals surface area contributed by atoms with E-state index < -0.39 is 5.92 Å². The van der Waals surface area contributed by atoms with Gasteiger partial charge < -0.3 is 4.90 Å². The Hall–Kier alpha value is -1.46. The number of aromatic amines is 1. The van der Waals surface area contributed by atoms with Gasteiger partial charge in [0.25, 0.3) is 11.5 Å². The lowest BCUT2D eigenvalue weighted by molar-refractivity contribution is -0.0267. The summed E-state index contributed by atoms with van der Waals surface area (Å²) in [5, 5.41) is 5.81. The zero-order valence-electron chi connectivity index (χ0n) is 6.63. The van der Waals surface area contributed by atoms with E-state index in [0.717, 1.165) is 0 Å². The summed E-state index contributed by atoms with van der Waals surface area (Å²) in [6.07, 6.45) is 0. The molecule has 1 aromatic rings. The molecule has 0 saturated carbocycles. The predicted molar refractivity (Wildman–Crippen MR) is 42.0 cm³/mol. The van der Waals surface area contributed by atoms with Crippen molar-refractivity contribution in [2.45, 2.75) is 5.92 Å². The largest absolute Gasteiger partial charge is 0.343 e. The summed E-state index contributed by atoms with van der Waals surface area (Å²) >= 11 is 0. The first-order chi connectivity index (χ1) is 6.07. The molecular formula is C7H7F2N3O. The monoisotopic (exact) mass is 187 g/mol. The van der Waals surface area contributed by atoms with E-state index in [9.17, 15) is 13.6 Å². The van der Waals surface area contributed by atoms with Crippen molar-refractivity contribution in [2.24, 2.45) is 0 Å². The minimum atomic E-state index is -2.61. The molecule has 0 aliphatic carbocycles. The van der Waals surface area contributed by atoms with E-state index in [2.05, 4.69) is 10.2 Å². The summed E-state index contributed by atoms with van der Waals surface area (Å²) in [6, 6.07) is 2.69. The number of halogens is 2. The molecule has 0 amide bonds. The third-order valence-electron chi connectivity index (χ3n) is 1.83. The molecule has 0 spiro atoms. The Morgan fingerprint density at radius 2 is 2.15 bits per heavy atom. The van der Waals surface area contributed by atoms with Crippen LogP contribution in [0.1, 0.15) is 0 Å². The highest BCUT2D eigenvalue weighted by Gasteiger charge is 2.44. The zero-order chi connectivity index (χ0) is 9.47. The maximum absolute atomic E-state index is 12.4. The summed E-state index contributed by atoms with van der Waals surface area (Å²) in [7, 11) is 0. The van der Waals surface area contributed by atoms with Crippen molar-refractivity contribution in [1.29, 1.82) is 0 Å². The summed E-state index contributed by atoms with van der Waals surface area (Å²) in [6.45, 7) is -0.655. The number of hydrogen-bond acceptors (Lipinski definition) is 3. The molecule has 1 aromatic heterocycles. The summed E-state index contributed by atoms with van der Waals surface area (Å²) < 4.78 is 24.8. The molecule has 1 aliphatic heterocycles. The fraction of sp³-hybridized carbons (Fsp3) is 0.429. The Morgan fingerprint density at radius 1 is 1.46 bits per heavy atom. The lowest BCUT2D eigenvalue weighted by atomic mass is 10.1. The van der Waals surface area contributed by atoms with Gasteiger partial charge in [0.2, 0.25) is 0 Å². The number of rotatable bonds is 1. The zero-order valence-corrected chi connectivity index (χ0v) is 6.63. The molecule has 0 radical (unpaired) electrons. The maximum atomic E-state index is 12.4. The lowest BCUT2D eigenvalue weighted by Crippen LogP contribution is -2.56. The van der Waals surface area contributed by atoms with Gasteiger partial charge in [-0.2, -0.15) is 5.10 Å². The van der Waals surface area contributed by atoms with Gasteiger partial charge in [-0.3, -0.25) is 4.79 Å². The molecular weight excluding hydrogens is 180 g/mol. The molecule has 0 unspecified atom stereocenters. The van der Waals surface area contributed by atoms with Crippen LogP contribution < -0.4 is 10.5 Å². The quantitative estimate of drug-likeness (QED) is 0.684. The van der Waals surface area contributed by atoms with Crippen molar-refractivity contribution in [3.05, 3.63) is 22.5 Å². The van der Waals surface area contributed by atoms with Crippen LogP contribution >= 0.6 is 0 Å². The Balaban J connectivity index is 2.12. The molecule has 2 rings (SSSR count). The fourth-order valence-electron chi connectivity index (χ4n) is 1.19. The number of nitrogens with one attached hydrogen (secondary N) is 1. The first kappa shape index (κ1) is 8.15. The molecule has 0 atom stereocenters. The molecule has 6 heteroatoms. The summed E-state index contributed by atoms with van der Waals surface area (Å²) in [4.78, 5) is 12.0. The van der Waals surface area contributed by atoms with E-state index in [0.29, 0.717) is 5.82 Å². The van der Waals surface area contributed by atoms with Gasteiger partial charge in [0.1, 0.15) is 5.82 Å². The van der Waals surface area contributed by atoms with Crippen LogP contribution in [-0.2, 0) is 0 Å². The van der Waals surface area contributed by atoms with Crippen LogP contribution in [0, 0.1) is 0 Å². The second-order valence-corrected chi connectivity index (χ2v) is 2.99. The van der Waals surface area contributed by atoms with E-state index in [-0.39, 0.29) is 18.6 Å². The summed E-state index contributed by atoms with van der Waals surface area (Å²) in [5.74, 6) is -2.23. The average Bonchev–Trinajstić information content (AvgIpc) is 2.01. The molecule has 1 aliphatic rings. The SMILES string of the molecule is O=c1ccc(N2CC(F)(F)C2)n[nH]1. The number of H-pyrrole nitrogens is 1. The smallest absolute Gasteiger partial charge is 0.282 e. The molecule has 2 heterocycles. The first-order valence-electron chi connectivity index (χ1n) is 3.75. The van der Waals surface area contributed by atoms with Gasteiger partial charge in [0.05, 0.1) is 13.1 Å². The Morgan fingerprint density at radius 3 is 2.62 bits per heavy atom. The van der Waals surface area contributed by atoms with Crippen LogP contribution in [0.4, 0.5) is 14.6 Å². The van der Waals surface area contributed by atoms with Gasteiger partial charge in [-0.25, -0.2) is 13.9 Å². The molecule has 13 heavy (non-hydrogen) atoms. The molecule has 1 fully saturated rings. The van der Waals surface area contributed by atoms with Gasteiger partial charge in [0, 0.05) is 6.07 Å². The minimum Gasteiger partial charge on any atom is -0.343 e. The van der Waals surface area contributed by atoms with Gasteiger partial charge in [-0.05, 0) is 6.07 Å². The molecule has 1 N–H and O–H groups in total. The molecule has 0 aromatic carbocycles. The highest BCUT2D eigenvalue weighted by atomic mass is 19.3. The van der Waals surface area contributed by atoms with E-state index in [4.69, 9.17) is 0 Å². The second kappa shape index (κ2) is 2.51.